The third kappa shape index (κ3) is 5.42. The first-order valence-corrected chi connectivity index (χ1v) is 8.46. The van der Waals surface area contributed by atoms with Crippen LogP contribution < -0.4 is 5.32 Å². The molecule has 2 saturated heterocycles. The first-order valence-electron chi connectivity index (χ1n) is 8.46. The van der Waals surface area contributed by atoms with Crippen molar-refractivity contribution < 1.29 is 4.79 Å². The SMILES string of the molecule is CCCN(CC(=O)N1CCCCC1C)C1CCNCC1.Cl. The third-order valence-corrected chi connectivity index (χ3v) is 4.80. The molecule has 2 aliphatic rings. The fourth-order valence-corrected chi connectivity index (χ4v) is 3.58. The molecule has 0 radical (unpaired) electrons. The van der Waals surface area contributed by atoms with Gasteiger partial charge in [-0.05, 0) is 65.1 Å². The highest BCUT2D eigenvalue weighted by Gasteiger charge is 2.27. The van der Waals surface area contributed by atoms with Crippen molar-refractivity contribution >= 4 is 18.3 Å². The molecular weight excluding hydrogens is 286 g/mol. The number of amides is 1. The van der Waals surface area contributed by atoms with Crippen LogP contribution >= 0.6 is 12.4 Å². The zero-order valence-corrected chi connectivity index (χ0v) is 14.5. The maximum Gasteiger partial charge on any atom is 0.236 e. The Balaban J connectivity index is 0.00000220. The van der Waals surface area contributed by atoms with Gasteiger partial charge in [0.15, 0.2) is 0 Å². The van der Waals surface area contributed by atoms with Crippen molar-refractivity contribution in [1.82, 2.24) is 15.1 Å². The molecule has 0 spiro atoms. The summed E-state index contributed by atoms with van der Waals surface area (Å²) in [4.78, 5) is 17.2. The molecule has 1 unspecified atom stereocenters. The fourth-order valence-electron chi connectivity index (χ4n) is 3.58. The summed E-state index contributed by atoms with van der Waals surface area (Å²) in [5, 5.41) is 3.41. The molecule has 0 bridgehead atoms. The topological polar surface area (TPSA) is 35.6 Å². The molecule has 0 aliphatic carbocycles. The van der Waals surface area contributed by atoms with Crippen molar-refractivity contribution in [2.45, 2.75) is 64.5 Å². The lowest BCUT2D eigenvalue weighted by atomic mass is 10.0. The summed E-state index contributed by atoms with van der Waals surface area (Å²) >= 11 is 0. The molecule has 0 aromatic heterocycles. The number of carbonyl (C=O) groups is 1. The molecule has 0 aromatic rings. The predicted octanol–water partition coefficient (Wildman–Crippen LogP) is 2.27. The summed E-state index contributed by atoms with van der Waals surface area (Å²) in [6, 6.07) is 1.04. The van der Waals surface area contributed by atoms with E-state index in [1.807, 2.05) is 0 Å². The normalized spacial score (nSPS) is 24.0. The van der Waals surface area contributed by atoms with Crippen LogP contribution in [-0.2, 0) is 4.79 Å². The Morgan fingerprint density at radius 3 is 2.57 bits per heavy atom. The number of piperidine rings is 2. The van der Waals surface area contributed by atoms with Crippen LogP contribution in [0, 0.1) is 0 Å². The monoisotopic (exact) mass is 317 g/mol. The van der Waals surface area contributed by atoms with Gasteiger partial charge in [0, 0.05) is 18.6 Å². The van der Waals surface area contributed by atoms with Crippen molar-refractivity contribution in [3.05, 3.63) is 0 Å². The zero-order valence-electron chi connectivity index (χ0n) is 13.6. The molecule has 1 N–H and O–H groups in total. The summed E-state index contributed by atoms with van der Waals surface area (Å²) in [6.45, 7) is 9.25. The molecule has 2 rings (SSSR count). The number of hydrogen-bond acceptors (Lipinski definition) is 3. The number of nitrogens with one attached hydrogen (secondary N) is 1. The molecular formula is C16H32ClN3O. The second-order valence-corrected chi connectivity index (χ2v) is 6.38. The van der Waals surface area contributed by atoms with Crippen LogP contribution in [0.1, 0.15) is 52.4 Å². The predicted molar refractivity (Wildman–Crippen MR) is 90.0 cm³/mol. The summed E-state index contributed by atoms with van der Waals surface area (Å²) < 4.78 is 0. The smallest absolute Gasteiger partial charge is 0.236 e. The van der Waals surface area contributed by atoms with Gasteiger partial charge in [-0.1, -0.05) is 6.92 Å². The maximum atomic E-state index is 12.6. The van der Waals surface area contributed by atoms with Gasteiger partial charge in [0.2, 0.25) is 5.91 Å². The van der Waals surface area contributed by atoms with E-state index < -0.39 is 0 Å². The first-order chi connectivity index (χ1) is 9.72. The van der Waals surface area contributed by atoms with Crippen molar-refractivity contribution in [3.8, 4) is 0 Å². The average molecular weight is 318 g/mol. The van der Waals surface area contributed by atoms with E-state index in [0.29, 0.717) is 24.5 Å². The second-order valence-electron chi connectivity index (χ2n) is 6.38. The zero-order chi connectivity index (χ0) is 14.4. The van der Waals surface area contributed by atoms with Gasteiger partial charge in [0.25, 0.3) is 0 Å². The van der Waals surface area contributed by atoms with Gasteiger partial charge in [0.05, 0.1) is 6.54 Å². The Labute approximate surface area is 136 Å². The number of likely N-dealkylation sites (tertiary alicyclic amines) is 1. The van der Waals surface area contributed by atoms with Gasteiger partial charge >= 0.3 is 0 Å². The van der Waals surface area contributed by atoms with E-state index in [2.05, 4.69) is 29.0 Å². The number of halogens is 1. The van der Waals surface area contributed by atoms with Gasteiger partial charge in [0.1, 0.15) is 0 Å². The minimum atomic E-state index is 0. The fraction of sp³-hybridized carbons (Fsp3) is 0.938. The van der Waals surface area contributed by atoms with E-state index in [0.717, 1.165) is 32.6 Å². The average Bonchev–Trinajstić information content (AvgIpc) is 2.48. The number of rotatable bonds is 5. The highest BCUT2D eigenvalue weighted by molar-refractivity contribution is 5.85. The second kappa shape index (κ2) is 9.65. The maximum absolute atomic E-state index is 12.6. The van der Waals surface area contributed by atoms with E-state index in [9.17, 15) is 4.79 Å². The molecule has 5 heteroatoms. The molecule has 0 saturated carbocycles. The highest BCUT2D eigenvalue weighted by Crippen LogP contribution is 2.18. The molecule has 1 atom stereocenters. The minimum absolute atomic E-state index is 0. The molecule has 21 heavy (non-hydrogen) atoms. The van der Waals surface area contributed by atoms with Crippen molar-refractivity contribution in [2.75, 3.05) is 32.7 Å². The van der Waals surface area contributed by atoms with E-state index >= 15 is 0 Å². The van der Waals surface area contributed by atoms with Crippen molar-refractivity contribution in [2.24, 2.45) is 0 Å². The van der Waals surface area contributed by atoms with Gasteiger partial charge in [-0.3, -0.25) is 9.69 Å². The number of nitrogens with zero attached hydrogens (tertiary/aromatic N) is 2. The van der Waals surface area contributed by atoms with Gasteiger partial charge in [-0.2, -0.15) is 0 Å². The van der Waals surface area contributed by atoms with Crippen LogP contribution in [0.5, 0.6) is 0 Å². The van der Waals surface area contributed by atoms with Crippen molar-refractivity contribution in [1.29, 1.82) is 0 Å². The number of hydrogen-bond donors (Lipinski definition) is 1. The third-order valence-electron chi connectivity index (χ3n) is 4.80. The Morgan fingerprint density at radius 2 is 1.95 bits per heavy atom. The van der Waals surface area contributed by atoms with Crippen LogP contribution in [0.15, 0.2) is 0 Å². The van der Waals surface area contributed by atoms with E-state index in [-0.39, 0.29) is 12.4 Å². The minimum Gasteiger partial charge on any atom is -0.339 e. The largest absolute Gasteiger partial charge is 0.339 e. The van der Waals surface area contributed by atoms with E-state index in [1.165, 1.54) is 32.1 Å². The first kappa shape index (κ1) is 18.7. The molecule has 2 heterocycles. The quantitative estimate of drug-likeness (QED) is 0.845. The van der Waals surface area contributed by atoms with Gasteiger partial charge < -0.3 is 10.2 Å². The lowest BCUT2D eigenvalue weighted by Crippen LogP contribution is -2.51. The summed E-state index contributed by atoms with van der Waals surface area (Å²) in [7, 11) is 0. The Hall–Kier alpha value is -0.320. The van der Waals surface area contributed by atoms with Crippen LogP contribution in [0.25, 0.3) is 0 Å². The molecule has 1 amide bonds. The van der Waals surface area contributed by atoms with Gasteiger partial charge in [-0.15, -0.1) is 12.4 Å². The van der Waals surface area contributed by atoms with Crippen LogP contribution in [0.2, 0.25) is 0 Å². The highest BCUT2D eigenvalue weighted by atomic mass is 35.5. The van der Waals surface area contributed by atoms with Crippen LogP contribution in [0.3, 0.4) is 0 Å². The summed E-state index contributed by atoms with van der Waals surface area (Å²) in [5.74, 6) is 0.351. The lowest BCUT2D eigenvalue weighted by Gasteiger charge is -2.38. The van der Waals surface area contributed by atoms with Crippen LogP contribution in [-0.4, -0.2) is 60.5 Å². The van der Waals surface area contributed by atoms with Crippen molar-refractivity contribution in [3.63, 3.8) is 0 Å². The lowest BCUT2D eigenvalue weighted by molar-refractivity contribution is -0.136. The summed E-state index contributed by atoms with van der Waals surface area (Å²) in [6.07, 6.45) is 7.13. The van der Waals surface area contributed by atoms with Crippen LogP contribution in [0.4, 0.5) is 0 Å². The molecule has 124 valence electrons. The molecule has 0 aromatic carbocycles. The summed E-state index contributed by atoms with van der Waals surface area (Å²) in [5.41, 5.74) is 0. The Morgan fingerprint density at radius 1 is 1.24 bits per heavy atom. The van der Waals surface area contributed by atoms with Gasteiger partial charge in [-0.25, -0.2) is 0 Å². The standard InChI is InChI=1S/C16H31N3O.ClH/c1-3-11-18(15-7-9-17-10-8-15)13-16(20)19-12-5-4-6-14(19)2;/h14-15,17H,3-13H2,1-2H3;1H. The van der Waals surface area contributed by atoms with E-state index in [4.69, 9.17) is 0 Å². The Kier molecular flexibility index (Phi) is 8.60. The molecule has 2 aliphatic heterocycles. The molecule has 4 nitrogen and oxygen atoms in total. The number of carbonyl (C=O) groups excluding carboxylic acids is 1. The Bertz CT molecular complexity index is 308. The molecule has 2 fully saturated rings. The van der Waals surface area contributed by atoms with E-state index in [1.54, 1.807) is 0 Å².